The molecule has 13 aromatic rings. The van der Waals surface area contributed by atoms with Crippen LogP contribution < -0.4 is 0 Å². The number of aromatic nitrogens is 5. The molecule has 0 saturated heterocycles. The molecule has 0 aliphatic carbocycles. The monoisotopic (exact) mass is 751 g/mol. The summed E-state index contributed by atoms with van der Waals surface area (Å²) < 4.78 is 6.99. The fourth-order valence-corrected chi connectivity index (χ4v) is 9.52. The third-order valence-electron chi connectivity index (χ3n) is 12.2. The fourth-order valence-electron chi connectivity index (χ4n) is 9.52. The van der Waals surface area contributed by atoms with Crippen LogP contribution in [0.25, 0.3) is 116 Å². The molecule has 0 bridgehead atoms. The van der Waals surface area contributed by atoms with Gasteiger partial charge in [0, 0.05) is 32.6 Å². The van der Waals surface area contributed by atoms with Crippen molar-refractivity contribution in [3.05, 3.63) is 200 Å². The highest BCUT2D eigenvalue weighted by molar-refractivity contribution is 6.22. The lowest BCUT2D eigenvalue weighted by atomic mass is 9.99. The molecule has 0 spiro atoms. The number of imidazole rings is 1. The van der Waals surface area contributed by atoms with E-state index in [1.807, 2.05) is 0 Å². The van der Waals surface area contributed by atoms with E-state index in [2.05, 4.69) is 214 Å². The maximum absolute atomic E-state index is 5.43. The van der Waals surface area contributed by atoms with E-state index >= 15 is 0 Å². The first kappa shape index (κ1) is 32.1. The molecular formula is C54H33N5. The molecule has 59 heavy (non-hydrogen) atoms. The molecule has 0 radical (unpaired) electrons. The first-order valence-electron chi connectivity index (χ1n) is 20.1. The van der Waals surface area contributed by atoms with Crippen LogP contribution in [0.1, 0.15) is 0 Å². The van der Waals surface area contributed by atoms with Gasteiger partial charge in [-0.1, -0.05) is 133 Å². The summed E-state index contributed by atoms with van der Waals surface area (Å²) in [7, 11) is 0. The Labute approximate surface area is 338 Å². The van der Waals surface area contributed by atoms with Gasteiger partial charge in [-0.25, -0.2) is 9.97 Å². The highest BCUT2D eigenvalue weighted by Crippen LogP contribution is 2.41. The molecule has 0 aliphatic rings. The molecule has 9 aromatic carbocycles. The molecule has 4 aromatic heterocycles. The largest absolute Gasteiger partial charge is 0.309 e. The van der Waals surface area contributed by atoms with Crippen LogP contribution in [0.15, 0.2) is 200 Å². The molecule has 0 N–H and O–H groups in total. The molecule has 0 atom stereocenters. The van der Waals surface area contributed by atoms with Gasteiger partial charge in [-0.2, -0.15) is 0 Å². The van der Waals surface area contributed by atoms with Crippen LogP contribution in [0.2, 0.25) is 0 Å². The Bertz CT molecular complexity index is 3830. The van der Waals surface area contributed by atoms with E-state index in [1.165, 1.54) is 54.5 Å². The molecule has 13 rings (SSSR count). The van der Waals surface area contributed by atoms with Gasteiger partial charge in [0.2, 0.25) is 5.95 Å². The maximum Gasteiger partial charge on any atom is 0.221 e. The zero-order valence-corrected chi connectivity index (χ0v) is 31.8. The second kappa shape index (κ2) is 12.2. The zero-order chi connectivity index (χ0) is 38.6. The third kappa shape index (κ3) is 4.67. The Morgan fingerprint density at radius 2 is 0.932 bits per heavy atom. The summed E-state index contributed by atoms with van der Waals surface area (Å²) >= 11 is 0. The van der Waals surface area contributed by atoms with Crippen LogP contribution >= 0.6 is 0 Å². The van der Waals surface area contributed by atoms with E-state index in [1.54, 1.807) is 0 Å². The van der Waals surface area contributed by atoms with Crippen molar-refractivity contribution in [3.8, 4) is 33.9 Å². The SMILES string of the molecule is c1ccc(-c2ccc(-n3c4ccccc4c4ccc(-c5ccc6c(c5)c5c7ccccc7ccc5n6-c5nc6ccccc6c6nc7ccccc7n56)cc43)cc2)cc1. The average Bonchev–Trinajstić information content (AvgIpc) is 3.97. The predicted molar refractivity (Wildman–Crippen MR) is 245 cm³/mol. The molecule has 0 fully saturated rings. The standard InChI is InChI=1S/C54H33N5/c1-2-12-34(13-3-1)35-22-27-39(28-23-35)57-47-20-10-7-16-41(47)42-29-24-38(33-51(42)57)37-26-30-48-44(32-37)52-40-15-5-4-14-36(40)25-31-50(52)58(48)54-56-45-18-8-6-17-43(45)53-55-46-19-9-11-21-49(46)59(53)54/h1-33H. The van der Waals surface area contributed by atoms with Gasteiger partial charge in [-0.05, 0) is 99.8 Å². The number of fused-ring (bicyclic) bond motifs is 13. The normalized spacial score (nSPS) is 12.1. The van der Waals surface area contributed by atoms with Crippen molar-refractivity contribution in [1.82, 2.24) is 23.5 Å². The summed E-state index contributed by atoms with van der Waals surface area (Å²) in [5, 5.41) is 8.32. The Morgan fingerprint density at radius 1 is 0.322 bits per heavy atom. The average molecular weight is 752 g/mol. The number of rotatable bonds is 4. The van der Waals surface area contributed by atoms with Gasteiger partial charge in [0.05, 0.1) is 38.6 Å². The molecule has 0 amide bonds. The van der Waals surface area contributed by atoms with Crippen LogP contribution in [0.3, 0.4) is 0 Å². The maximum atomic E-state index is 5.43. The Morgan fingerprint density at radius 3 is 1.80 bits per heavy atom. The summed E-state index contributed by atoms with van der Waals surface area (Å²) in [4.78, 5) is 10.6. The molecular weight excluding hydrogens is 719 g/mol. The van der Waals surface area contributed by atoms with Crippen molar-refractivity contribution in [3.63, 3.8) is 0 Å². The second-order valence-electron chi connectivity index (χ2n) is 15.4. The smallest absolute Gasteiger partial charge is 0.221 e. The molecule has 5 heteroatoms. The van der Waals surface area contributed by atoms with Crippen molar-refractivity contribution in [2.75, 3.05) is 0 Å². The number of hydrogen-bond donors (Lipinski definition) is 0. The Balaban J connectivity index is 1.06. The summed E-state index contributed by atoms with van der Waals surface area (Å²) in [6.07, 6.45) is 0. The van der Waals surface area contributed by atoms with Crippen LogP contribution in [-0.4, -0.2) is 23.5 Å². The van der Waals surface area contributed by atoms with E-state index in [-0.39, 0.29) is 0 Å². The Hall–Kier alpha value is -8.02. The summed E-state index contributed by atoms with van der Waals surface area (Å²) in [6, 6.07) is 72.0. The fraction of sp³-hybridized carbons (Fsp3) is 0. The summed E-state index contributed by atoms with van der Waals surface area (Å²) in [5.41, 5.74) is 14.2. The first-order chi connectivity index (χ1) is 29.3. The van der Waals surface area contributed by atoms with Crippen molar-refractivity contribution in [2.24, 2.45) is 0 Å². The molecule has 0 unspecified atom stereocenters. The van der Waals surface area contributed by atoms with Gasteiger partial charge in [0.25, 0.3) is 0 Å². The van der Waals surface area contributed by atoms with Crippen LogP contribution in [0.4, 0.5) is 0 Å². The van der Waals surface area contributed by atoms with Crippen LogP contribution in [0, 0.1) is 0 Å². The second-order valence-corrected chi connectivity index (χ2v) is 15.4. The minimum Gasteiger partial charge on any atom is -0.309 e. The first-order valence-corrected chi connectivity index (χ1v) is 20.1. The summed E-state index contributed by atoms with van der Waals surface area (Å²) in [5.74, 6) is 0.819. The molecule has 274 valence electrons. The van der Waals surface area contributed by atoms with Crippen molar-refractivity contribution >= 4 is 82.0 Å². The number of para-hydroxylation sites is 4. The van der Waals surface area contributed by atoms with E-state index in [4.69, 9.17) is 9.97 Å². The molecule has 4 heterocycles. The lowest BCUT2D eigenvalue weighted by Gasteiger charge is -2.13. The molecule has 0 saturated carbocycles. The summed E-state index contributed by atoms with van der Waals surface area (Å²) in [6.45, 7) is 0. The van der Waals surface area contributed by atoms with Crippen LogP contribution in [0.5, 0.6) is 0 Å². The lowest BCUT2D eigenvalue weighted by molar-refractivity contribution is 0.980. The minimum atomic E-state index is 0.819. The highest BCUT2D eigenvalue weighted by Gasteiger charge is 2.22. The highest BCUT2D eigenvalue weighted by atomic mass is 15.2. The van der Waals surface area contributed by atoms with E-state index in [0.29, 0.717) is 0 Å². The number of hydrogen-bond acceptors (Lipinski definition) is 2. The minimum absolute atomic E-state index is 0.819. The van der Waals surface area contributed by atoms with Gasteiger partial charge in [0.1, 0.15) is 5.65 Å². The number of benzene rings is 9. The van der Waals surface area contributed by atoms with E-state index < -0.39 is 0 Å². The van der Waals surface area contributed by atoms with Gasteiger partial charge in [0.15, 0.2) is 0 Å². The number of nitrogens with zero attached hydrogens (tertiary/aromatic N) is 5. The van der Waals surface area contributed by atoms with Crippen molar-refractivity contribution < 1.29 is 0 Å². The topological polar surface area (TPSA) is 40.0 Å². The third-order valence-corrected chi connectivity index (χ3v) is 12.2. The molecule has 0 aliphatic heterocycles. The van der Waals surface area contributed by atoms with E-state index in [0.717, 1.165) is 61.4 Å². The van der Waals surface area contributed by atoms with Gasteiger partial charge >= 0.3 is 0 Å². The van der Waals surface area contributed by atoms with Gasteiger partial charge in [-0.3, -0.25) is 8.97 Å². The van der Waals surface area contributed by atoms with Gasteiger partial charge < -0.3 is 4.57 Å². The molecule has 5 nitrogen and oxygen atoms in total. The van der Waals surface area contributed by atoms with E-state index in [9.17, 15) is 0 Å². The quantitative estimate of drug-likeness (QED) is 0.180. The van der Waals surface area contributed by atoms with Gasteiger partial charge in [-0.15, -0.1) is 0 Å². The Kier molecular flexibility index (Phi) is 6.66. The predicted octanol–water partition coefficient (Wildman–Crippen LogP) is 13.7. The van der Waals surface area contributed by atoms with Crippen molar-refractivity contribution in [2.45, 2.75) is 0 Å². The van der Waals surface area contributed by atoms with Crippen LogP contribution in [-0.2, 0) is 0 Å². The zero-order valence-electron chi connectivity index (χ0n) is 31.8. The lowest BCUT2D eigenvalue weighted by Crippen LogP contribution is -2.06. The van der Waals surface area contributed by atoms with Crippen molar-refractivity contribution in [1.29, 1.82) is 0 Å².